The number of aromatic nitrogens is 2. The minimum Gasteiger partial charge on any atom is -0.493 e. The van der Waals surface area contributed by atoms with Gasteiger partial charge in [0.05, 0.1) is 35.6 Å². The Bertz CT molecular complexity index is 1390. The monoisotopic (exact) mass is 493 g/mol. The number of carbonyl (C=O) groups excluding carboxylic acids is 1. The third-order valence-corrected chi connectivity index (χ3v) is 6.69. The molecule has 0 radical (unpaired) electrons. The van der Waals surface area contributed by atoms with Crippen LogP contribution in [-0.2, 0) is 0 Å². The predicted molar refractivity (Wildman–Crippen MR) is 136 cm³/mol. The van der Waals surface area contributed by atoms with E-state index in [4.69, 9.17) is 27.9 Å². The molecule has 1 amide bonds. The number of carbonyl (C=O) groups is 1. The number of hydrogen-bond acceptors (Lipinski definition) is 3. The number of amides is 1. The summed E-state index contributed by atoms with van der Waals surface area (Å²) < 4.78 is 7.63. The molecule has 1 aliphatic rings. The zero-order chi connectivity index (χ0) is 24.0. The van der Waals surface area contributed by atoms with Crippen LogP contribution in [0.1, 0.15) is 59.3 Å². The molecule has 0 saturated heterocycles. The largest absolute Gasteiger partial charge is 0.493 e. The smallest absolute Gasteiger partial charge is 0.253 e. The van der Waals surface area contributed by atoms with Crippen molar-refractivity contribution < 1.29 is 9.53 Å². The van der Waals surface area contributed by atoms with Crippen molar-refractivity contribution in [1.82, 2.24) is 14.9 Å². The van der Waals surface area contributed by atoms with Crippen LogP contribution >= 0.6 is 23.2 Å². The van der Waals surface area contributed by atoms with Crippen LogP contribution in [0.5, 0.6) is 5.75 Å². The summed E-state index contributed by atoms with van der Waals surface area (Å²) in [5.41, 5.74) is 6.27. The van der Waals surface area contributed by atoms with E-state index < -0.39 is 0 Å². The Kier molecular flexibility index (Phi) is 6.00. The maximum atomic E-state index is 13.5. The first kappa shape index (κ1) is 22.8. The van der Waals surface area contributed by atoms with Gasteiger partial charge < -0.3 is 10.1 Å². The number of nitrogens with zero attached hydrogens (tertiary/aromatic N) is 2. The van der Waals surface area contributed by atoms with Gasteiger partial charge in [-0.25, -0.2) is 4.52 Å². The van der Waals surface area contributed by atoms with E-state index in [2.05, 4.69) is 30.3 Å². The molecule has 0 spiro atoms. The lowest BCUT2D eigenvalue weighted by Crippen LogP contribution is -2.33. The molecular formula is C27H25Cl2N3O2. The van der Waals surface area contributed by atoms with E-state index in [0.717, 1.165) is 45.6 Å². The van der Waals surface area contributed by atoms with Crippen molar-refractivity contribution >= 4 is 34.6 Å². The quantitative estimate of drug-likeness (QED) is 0.333. The van der Waals surface area contributed by atoms with E-state index in [1.54, 1.807) is 12.3 Å². The third kappa shape index (κ3) is 4.04. The van der Waals surface area contributed by atoms with Gasteiger partial charge in [-0.15, -0.1) is 0 Å². The van der Waals surface area contributed by atoms with E-state index >= 15 is 0 Å². The van der Waals surface area contributed by atoms with Crippen molar-refractivity contribution in [2.45, 2.75) is 39.2 Å². The molecule has 3 heterocycles. The molecule has 1 N–H and O–H groups in total. The average Bonchev–Trinajstić information content (AvgIpc) is 3.14. The summed E-state index contributed by atoms with van der Waals surface area (Å²) >= 11 is 12.5. The fraction of sp³-hybridized carbons (Fsp3) is 0.259. The Morgan fingerprint density at radius 3 is 2.62 bits per heavy atom. The number of benzene rings is 2. The molecule has 34 heavy (non-hydrogen) atoms. The number of rotatable bonds is 4. The summed E-state index contributed by atoms with van der Waals surface area (Å²) in [6.07, 6.45) is 2.39. The highest BCUT2D eigenvalue weighted by Crippen LogP contribution is 2.35. The molecule has 0 bridgehead atoms. The second-order valence-corrected chi connectivity index (χ2v) is 9.83. The van der Waals surface area contributed by atoms with Gasteiger partial charge in [0.15, 0.2) is 0 Å². The highest BCUT2D eigenvalue weighted by Gasteiger charge is 2.27. The molecule has 0 aliphatic carbocycles. The van der Waals surface area contributed by atoms with Crippen LogP contribution in [0.4, 0.5) is 0 Å². The van der Waals surface area contributed by atoms with Crippen LogP contribution in [0.3, 0.4) is 0 Å². The summed E-state index contributed by atoms with van der Waals surface area (Å²) in [7, 11) is 0. The van der Waals surface area contributed by atoms with Crippen molar-refractivity contribution in [2.75, 3.05) is 6.61 Å². The van der Waals surface area contributed by atoms with E-state index in [-0.39, 0.29) is 17.9 Å². The molecule has 7 heteroatoms. The molecule has 1 aliphatic heterocycles. The van der Waals surface area contributed by atoms with E-state index in [0.29, 0.717) is 22.2 Å². The SMILES string of the molecule is Cc1cc(-c2cc(Cl)cc(Cl)c2)n2ncc(C(=O)N[C@H]3CCOc4ccccc43)c(C(C)C)c12. The Morgan fingerprint density at radius 2 is 1.88 bits per heavy atom. The van der Waals surface area contributed by atoms with Crippen LogP contribution in [-0.4, -0.2) is 22.1 Å². The van der Waals surface area contributed by atoms with Gasteiger partial charge in [0, 0.05) is 27.6 Å². The number of halogens is 2. The minimum atomic E-state index is -0.131. The first-order valence-corrected chi connectivity index (χ1v) is 12.1. The molecule has 4 aromatic rings. The van der Waals surface area contributed by atoms with Crippen LogP contribution in [0.2, 0.25) is 10.0 Å². The van der Waals surface area contributed by atoms with Crippen LogP contribution in [0, 0.1) is 6.92 Å². The standard InChI is InChI=1S/C27H25Cl2N3O2/c1-15(2)25-21(27(33)31-22-8-9-34-24-7-5-4-6-20(22)24)14-30-32-23(10-16(3)26(25)32)17-11-18(28)13-19(29)12-17/h4-7,10-15,22H,8-9H2,1-3H3,(H,31,33)/t22-/m0/s1. The van der Waals surface area contributed by atoms with Gasteiger partial charge >= 0.3 is 0 Å². The van der Waals surface area contributed by atoms with Crippen LogP contribution < -0.4 is 10.1 Å². The highest BCUT2D eigenvalue weighted by molar-refractivity contribution is 6.35. The topological polar surface area (TPSA) is 55.6 Å². The van der Waals surface area contributed by atoms with Gasteiger partial charge in [-0.2, -0.15) is 5.10 Å². The molecule has 174 valence electrons. The van der Waals surface area contributed by atoms with E-state index in [9.17, 15) is 4.79 Å². The fourth-order valence-corrected chi connectivity index (χ4v) is 5.31. The Hall–Kier alpha value is -3.02. The lowest BCUT2D eigenvalue weighted by atomic mass is 9.95. The number of ether oxygens (including phenoxy) is 1. The van der Waals surface area contributed by atoms with Crippen LogP contribution in [0.25, 0.3) is 16.8 Å². The zero-order valence-corrected chi connectivity index (χ0v) is 20.7. The normalized spacial score (nSPS) is 15.3. The minimum absolute atomic E-state index is 0.106. The maximum Gasteiger partial charge on any atom is 0.253 e. The first-order chi connectivity index (χ1) is 16.3. The number of para-hydroxylation sites is 1. The molecule has 1 atom stereocenters. The molecule has 5 rings (SSSR count). The predicted octanol–water partition coefficient (Wildman–Crippen LogP) is 6.99. The van der Waals surface area contributed by atoms with Gasteiger partial charge in [0.2, 0.25) is 0 Å². The van der Waals surface area contributed by atoms with Gasteiger partial charge in [-0.3, -0.25) is 4.79 Å². The second-order valence-electron chi connectivity index (χ2n) is 8.96. The lowest BCUT2D eigenvalue weighted by molar-refractivity contribution is 0.0923. The number of nitrogens with one attached hydrogen (secondary N) is 1. The number of hydrogen-bond donors (Lipinski definition) is 1. The summed E-state index contributed by atoms with van der Waals surface area (Å²) in [6, 6.07) is 15.3. The van der Waals surface area contributed by atoms with E-state index in [1.807, 2.05) is 47.8 Å². The Morgan fingerprint density at radius 1 is 1.15 bits per heavy atom. The van der Waals surface area contributed by atoms with Crippen molar-refractivity contribution in [2.24, 2.45) is 0 Å². The number of aryl methyl sites for hydroxylation is 1. The van der Waals surface area contributed by atoms with Crippen molar-refractivity contribution in [3.63, 3.8) is 0 Å². The molecule has 0 fully saturated rings. The lowest BCUT2D eigenvalue weighted by Gasteiger charge is -2.27. The zero-order valence-electron chi connectivity index (χ0n) is 19.2. The third-order valence-electron chi connectivity index (χ3n) is 6.26. The van der Waals surface area contributed by atoms with E-state index in [1.165, 1.54) is 0 Å². The van der Waals surface area contributed by atoms with Gasteiger partial charge in [0.25, 0.3) is 5.91 Å². The summed E-state index contributed by atoms with van der Waals surface area (Å²) in [6.45, 7) is 6.80. The molecule has 5 nitrogen and oxygen atoms in total. The molecular weight excluding hydrogens is 469 g/mol. The molecule has 0 unspecified atom stereocenters. The van der Waals surface area contributed by atoms with Crippen molar-refractivity contribution in [1.29, 1.82) is 0 Å². The average molecular weight is 494 g/mol. The Balaban J connectivity index is 1.58. The number of fused-ring (bicyclic) bond motifs is 2. The summed E-state index contributed by atoms with van der Waals surface area (Å²) in [4.78, 5) is 13.5. The van der Waals surface area contributed by atoms with Crippen molar-refractivity contribution in [3.8, 4) is 17.0 Å². The van der Waals surface area contributed by atoms with Gasteiger partial charge in [-0.05, 0) is 54.3 Å². The van der Waals surface area contributed by atoms with Gasteiger partial charge in [0.1, 0.15) is 5.75 Å². The van der Waals surface area contributed by atoms with Crippen molar-refractivity contribution in [3.05, 3.63) is 87.0 Å². The molecule has 2 aromatic heterocycles. The summed E-state index contributed by atoms with van der Waals surface area (Å²) in [5, 5.41) is 9.03. The van der Waals surface area contributed by atoms with Gasteiger partial charge in [-0.1, -0.05) is 55.2 Å². The summed E-state index contributed by atoms with van der Waals surface area (Å²) in [5.74, 6) is 0.801. The van der Waals surface area contributed by atoms with Crippen LogP contribution in [0.15, 0.2) is 54.7 Å². The highest BCUT2D eigenvalue weighted by atomic mass is 35.5. The Labute approximate surface area is 208 Å². The molecule has 2 aromatic carbocycles. The fourth-order valence-electron chi connectivity index (χ4n) is 4.78. The second kappa shape index (κ2) is 8.97. The molecule has 0 saturated carbocycles. The maximum absolute atomic E-state index is 13.5. The first-order valence-electron chi connectivity index (χ1n) is 11.3.